The zero-order chi connectivity index (χ0) is 16.5. The summed E-state index contributed by atoms with van der Waals surface area (Å²) >= 11 is 0. The van der Waals surface area contributed by atoms with Gasteiger partial charge in [-0.2, -0.15) is 4.39 Å². The number of pyridine rings is 1. The second-order valence-corrected chi connectivity index (χ2v) is 6.64. The van der Waals surface area contributed by atoms with Gasteiger partial charge in [0.15, 0.2) is 0 Å². The molecule has 0 bridgehead atoms. The lowest BCUT2D eigenvalue weighted by atomic mass is 9.98. The Kier molecular flexibility index (Phi) is 4.70. The molecule has 0 aliphatic carbocycles. The summed E-state index contributed by atoms with van der Waals surface area (Å²) in [4.78, 5) is 17.4. The van der Waals surface area contributed by atoms with Crippen LogP contribution in [0.2, 0.25) is 0 Å². The molecule has 2 heterocycles. The van der Waals surface area contributed by atoms with Crippen molar-refractivity contribution in [3.05, 3.63) is 29.3 Å². The summed E-state index contributed by atoms with van der Waals surface area (Å²) in [7, 11) is 0. The van der Waals surface area contributed by atoms with Gasteiger partial charge in [0, 0.05) is 18.3 Å². The molecule has 1 amide bonds. The number of hydrogen-bond acceptors (Lipinski definition) is 4. The van der Waals surface area contributed by atoms with Crippen molar-refractivity contribution in [1.82, 2.24) is 9.88 Å². The largest absolute Gasteiger partial charge is 0.444 e. The average Bonchev–Trinajstić information content (AvgIpc) is 2.88. The van der Waals surface area contributed by atoms with Crippen LogP contribution >= 0.6 is 0 Å². The number of rotatable bonds is 2. The van der Waals surface area contributed by atoms with Crippen molar-refractivity contribution >= 4 is 6.09 Å². The van der Waals surface area contributed by atoms with Gasteiger partial charge in [0.25, 0.3) is 0 Å². The summed E-state index contributed by atoms with van der Waals surface area (Å²) in [5.74, 6) is -0.599. The van der Waals surface area contributed by atoms with Gasteiger partial charge >= 0.3 is 6.09 Å². The fourth-order valence-corrected chi connectivity index (χ4v) is 2.72. The van der Waals surface area contributed by atoms with Crippen LogP contribution in [-0.2, 0) is 4.74 Å². The third kappa shape index (κ3) is 3.55. The van der Waals surface area contributed by atoms with E-state index in [-0.39, 0.29) is 0 Å². The summed E-state index contributed by atoms with van der Waals surface area (Å²) in [6.07, 6.45) is 1.37. The van der Waals surface area contributed by atoms with Gasteiger partial charge in [0.05, 0.1) is 12.1 Å². The van der Waals surface area contributed by atoms with E-state index in [1.165, 1.54) is 11.1 Å². The van der Waals surface area contributed by atoms with Crippen LogP contribution in [0, 0.1) is 12.9 Å². The highest BCUT2D eigenvalue weighted by Crippen LogP contribution is 2.32. The van der Waals surface area contributed by atoms with Crippen LogP contribution in [0.15, 0.2) is 12.3 Å². The quantitative estimate of drug-likeness (QED) is 0.853. The Morgan fingerprint density at radius 2 is 2.23 bits per heavy atom. The third-order valence-electron chi connectivity index (χ3n) is 3.79. The van der Waals surface area contributed by atoms with Crippen molar-refractivity contribution in [2.75, 3.05) is 6.54 Å². The highest BCUT2D eigenvalue weighted by Gasteiger charge is 2.37. The minimum atomic E-state index is -0.951. The van der Waals surface area contributed by atoms with Crippen molar-refractivity contribution in [3.8, 4) is 0 Å². The number of likely N-dealkylation sites (tertiary alicyclic amines) is 1. The molecule has 1 aromatic rings. The van der Waals surface area contributed by atoms with Crippen LogP contribution in [0.5, 0.6) is 0 Å². The predicted molar refractivity (Wildman–Crippen MR) is 79.9 cm³/mol. The fourth-order valence-electron chi connectivity index (χ4n) is 2.72. The first kappa shape index (κ1) is 16.7. The highest BCUT2D eigenvalue weighted by atomic mass is 19.1. The predicted octanol–water partition coefficient (Wildman–Crippen LogP) is 2.96. The SMILES string of the molecule is Cc1c(C(O)[C@@H]2CCCN2C(=O)OC(C)(C)C)ccnc1F. The first-order chi connectivity index (χ1) is 10.2. The van der Waals surface area contributed by atoms with E-state index in [1.807, 2.05) is 0 Å². The Labute approximate surface area is 130 Å². The molecule has 122 valence electrons. The van der Waals surface area contributed by atoms with Gasteiger partial charge in [0.1, 0.15) is 5.60 Å². The van der Waals surface area contributed by atoms with Gasteiger partial charge in [-0.3, -0.25) is 0 Å². The second-order valence-electron chi connectivity index (χ2n) is 6.64. The van der Waals surface area contributed by atoms with Gasteiger partial charge in [-0.25, -0.2) is 9.78 Å². The van der Waals surface area contributed by atoms with Crippen LogP contribution in [0.3, 0.4) is 0 Å². The van der Waals surface area contributed by atoms with E-state index in [0.717, 1.165) is 6.42 Å². The maximum absolute atomic E-state index is 13.6. The first-order valence-electron chi connectivity index (χ1n) is 7.49. The monoisotopic (exact) mass is 310 g/mol. The zero-order valence-electron chi connectivity index (χ0n) is 13.5. The lowest BCUT2D eigenvalue weighted by Gasteiger charge is -2.31. The number of halogens is 1. The van der Waals surface area contributed by atoms with E-state index in [0.29, 0.717) is 24.1 Å². The highest BCUT2D eigenvalue weighted by molar-refractivity contribution is 5.69. The molecule has 0 spiro atoms. The molecule has 2 atom stereocenters. The maximum Gasteiger partial charge on any atom is 0.410 e. The average molecular weight is 310 g/mol. The molecule has 0 aromatic carbocycles. The molecule has 1 N–H and O–H groups in total. The van der Waals surface area contributed by atoms with Crippen LogP contribution < -0.4 is 0 Å². The Hall–Kier alpha value is -1.69. The van der Waals surface area contributed by atoms with Crippen molar-refractivity contribution < 1.29 is 19.0 Å². The molecule has 1 aromatic heterocycles. The van der Waals surface area contributed by atoms with Gasteiger partial charge in [-0.1, -0.05) is 0 Å². The number of hydrogen-bond donors (Lipinski definition) is 1. The van der Waals surface area contributed by atoms with E-state index in [9.17, 15) is 14.3 Å². The maximum atomic E-state index is 13.6. The minimum absolute atomic E-state index is 0.311. The van der Waals surface area contributed by atoms with E-state index in [2.05, 4.69) is 4.98 Å². The van der Waals surface area contributed by atoms with Crippen molar-refractivity contribution in [3.63, 3.8) is 0 Å². The molecule has 1 aliphatic heterocycles. The standard InChI is InChI=1S/C16H23FN2O3/c1-10-11(7-8-18-14(10)17)13(20)12-6-5-9-19(12)15(21)22-16(2,3)4/h7-8,12-13,20H,5-6,9H2,1-4H3/t12-,13?/m0/s1. The van der Waals surface area contributed by atoms with Crippen LogP contribution in [-0.4, -0.2) is 39.3 Å². The summed E-state index contributed by atoms with van der Waals surface area (Å²) in [5, 5.41) is 10.6. The van der Waals surface area contributed by atoms with E-state index >= 15 is 0 Å². The number of carbonyl (C=O) groups is 1. The van der Waals surface area contributed by atoms with Gasteiger partial charge in [-0.15, -0.1) is 0 Å². The van der Waals surface area contributed by atoms with E-state index in [4.69, 9.17) is 4.74 Å². The molecule has 1 aliphatic rings. The molecular formula is C16H23FN2O3. The van der Waals surface area contributed by atoms with Crippen molar-refractivity contribution in [1.29, 1.82) is 0 Å². The molecule has 2 rings (SSSR count). The number of aromatic nitrogens is 1. The summed E-state index contributed by atoms with van der Waals surface area (Å²) in [6.45, 7) is 7.51. The van der Waals surface area contributed by atoms with Crippen LogP contribution in [0.4, 0.5) is 9.18 Å². The molecule has 0 saturated carbocycles. The van der Waals surface area contributed by atoms with Gasteiger partial charge in [-0.05, 0) is 52.2 Å². The second kappa shape index (κ2) is 6.20. The molecule has 1 saturated heterocycles. The zero-order valence-corrected chi connectivity index (χ0v) is 13.5. The Balaban J connectivity index is 2.19. The normalized spacial score (nSPS) is 20.1. The number of nitrogens with zero attached hydrogens (tertiary/aromatic N) is 2. The van der Waals surface area contributed by atoms with Crippen molar-refractivity contribution in [2.45, 2.75) is 58.3 Å². The molecule has 6 heteroatoms. The Morgan fingerprint density at radius 1 is 1.55 bits per heavy atom. The number of aliphatic hydroxyl groups is 1. The molecule has 1 unspecified atom stereocenters. The minimum Gasteiger partial charge on any atom is -0.444 e. The van der Waals surface area contributed by atoms with Gasteiger partial charge < -0.3 is 14.7 Å². The first-order valence-corrected chi connectivity index (χ1v) is 7.49. The topological polar surface area (TPSA) is 62.7 Å². The number of ether oxygens (including phenoxy) is 1. The van der Waals surface area contributed by atoms with Crippen LogP contribution in [0.1, 0.15) is 50.8 Å². The number of carbonyl (C=O) groups excluding carboxylic acids is 1. The lowest BCUT2D eigenvalue weighted by Crippen LogP contribution is -2.42. The molecule has 1 fully saturated rings. The lowest BCUT2D eigenvalue weighted by molar-refractivity contribution is 0.00474. The Bertz CT molecular complexity index is 557. The summed E-state index contributed by atoms with van der Waals surface area (Å²) < 4.78 is 19.0. The van der Waals surface area contributed by atoms with Crippen LogP contribution in [0.25, 0.3) is 0 Å². The summed E-state index contributed by atoms with van der Waals surface area (Å²) in [5.41, 5.74) is 0.187. The summed E-state index contributed by atoms with van der Waals surface area (Å²) in [6, 6.07) is 1.18. The molecule has 0 radical (unpaired) electrons. The van der Waals surface area contributed by atoms with Crippen molar-refractivity contribution in [2.24, 2.45) is 0 Å². The Morgan fingerprint density at radius 3 is 2.86 bits per heavy atom. The number of aliphatic hydroxyl groups excluding tert-OH is 1. The van der Waals surface area contributed by atoms with E-state index in [1.54, 1.807) is 33.8 Å². The third-order valence-corrected chi connectivity index (χ3v) is 3.79. The van der Waals surface area contributed by atoms with E-state index < -0.39 is 29.8 Å². The molecule has 5 nitrogen and oxygen atoms in total. The number of amides is 1. The molecule has 22 heavy (non-hydrogen) atoms. The van der Waals surface area contributed by atoms with Gasteiger partial charge in [0.2, 0.25) is 5.95 Å². The molecular weight excluding hydrogens is 287 g/mol. The smallest absolute Gasteiger partial charge is 0.410 e. The fraction of sp³-hybridized carbons (Fsp3) is 0.625.